The normalized spacial score (nSPS) is 11.1. The zero-order valence-corrected chi connectivity index (χ0v) is 10.5. The van der Waals surface area contributed by atoms with Gasteiger partial charge in [-0.25, -0.2) is 4.39 Å². The van der Waals surface area contributed by atoms with Crippen molar-refractivity contribution >= 4 is 28.6 Å². The number of fused-ring (bicyclic) bond motifs is 1. The van der Waals surface area contributed by atoms with Gasteiger partial charge in [0.1, 0.15) is 6.29 Å². The van der Waals surface area contributed by atoms with Crippen LogP contribution in [-0.2, 0) is 0 Å². The van der Waals surface area contributed by atoms with E-state index in [1.807, 2.05) is 0 Å². The molecular formula is C12H7FN2O3S. The molecule has 0 spiro atoms. The minimum Gasteiger partial charge on any atom is -0.351 e. The minimum absolute atomic E-state index is 0.0712. The molecule has 96 valence electrons. The molecule has 3 aromatic rings. The highest BCUT2D eigenvalue weighted by atomic mass is 32.1. The lowest BCUT2D eigenvalue weighted by molar-refractivity contribution is 0.112. The van der Waals surface area contributed by atoms with Crippen molar-refractivity contribution in [1.82, 2.24) is 9.72 Å². The Bertz CT molecular complexity index is 846. The van der Waals surface area contributed by atoms with Gasteiger partial charge in [0, 0.05) is 16.6 Å². The highest BCUT2D eigenvalue weighted by Gasteiger charge is 2.18. The number of benzene rings is 1. The number of nitrogens with zero attached hydrogens (tertiary/aromatic N) is 2. The lowest BCUT2D eigenvalue weighted by Crippen LogP contribution is -2.12. The van der Waals surface area contributed by atoms with Crippen molar-refractivity contribution in [2.45, 2.75) is 6.92 Å². The maximum Gasteiger partial charge on any atom is 0.313 e. The quantitative estimate of drug-likeness (QED) is 0.675. The SMILES string of the molecule is Cc1csc(=O)n1-c1noc2c(F)cc(C=O)cc12. The molecule has 0 aliphatic carbocycles. The number of carbonyl (C=O) groups is 1. The summed E-state index contributed by atoms with van der Waals surface area (Å²) in [4.78, 5) is 22.3. The molecular weight excluding hydrogens is 271 g/mol. The zero-order valence-electron chi connectivity index (χ0n) is 9.71. The molecule has 0 saturated carbocycles. The number of aromatic nitrogens is 2. The van der Waals surface area contributed by atoms with Crippen LogP contribution in [0, 0.1) is 12.7 Å². The number of aldehydes is 1. The maximum atomic E-state index is 13.7. The Morgan fingerprint density at radius 3 is 2.89 bits per heavy atom. The summed E-state index contributed by atoms with van der Waals surface area (Å²) in [5.74, 6) is -0.486. The molecule has 0 fully saturated rings. The van der Waals surface area contributed by atoms with Crippen LogP contribution in [0.5, 0.6) is 0 Å². The first-order valence-electron chi connectivity index (χ1n) is 5.33. The summed E-state index contributed by atoms with van der Waals surface area (Å²) >= 11 is 1.01. The third-order valence-electron chi connectivity index (χ3n) is 2.74. The number of carbonyl (C=O) groups excluding carboxylic acids is 1. The van der Waals surface area contributed by atoms with Crippen LogP contribution in [0.4, 0.5) is 4.39 Å². The summed E-state index contributed by atoms with van der Waals surface area (Å²) in [6.45, 7) is 1.73. The molecule has 0 radical (unpaired) electrons. The van der Waals surface area contributed by atoms with Crippen molar-refractivity contribution in [3.8, 4) is 5.82 Å². The Hall–Kier alpha value is -2.28. The third kappa shape index (κ3) is 1.70. The Kier molecular flexibility index (Phi) is 2.56. The van der Waals surface area contributed by atoms with E-state index in [4.69, 9.17) is 4.52 Å². The van der Waals surface area contributed by atoms with Gasteiger partial charge in [0.05, 0.1) is 5.39 Å². The molecule has 0 N–H and O–H groups in total. The number of thiazole rings is 1. The average molecular weight is 278 g/mol. The molecule has 5 nitrogen and oxygen atoms in total. The van der Waals surface area contributed by atoms with Gasteiger partial charge in [-0.05, 0) is 19.1 Å². The number of rotatable bonds is 2. The Morgan fingerprint density at radius 2 is 2.26 bits per heavy atom. The largest absolute Gasteiger partial charge is 0.351 e. The molecule has 1 aromatic carbocycles. The number of aryl methyl sites for hydroxylation is 1. The average Bonchev–Trinajstić information content (AvgIpc) is 2.93. The van der Waals surface area contributed by atoms with Crippen LogP contribution in [-0.4, -0.2) is 16.0 Å². The second-order valence-electron chi connectivity index (χ2n) is 3.98. The summed E-state index contributed by atoms with van der Waals surface area (Å²) in [5.41, 5.74) is 0.760. The second-order valence-corrected chi connectivity index (χ2v) is 4.80. The van der Waals surface area contributed by atoms with Crippen molar-refractivity contribution in [3.05, 3.63) is 44.3 Å². The van der Waals surface area contributed by atoms with Crippen molar-refractivity contribution in [3.63, 3.8) is 0 Å². The van der Waals surface area contributed by atoms with Crippen molar-refractivity contribution < 1.29 is 13.7 Å². The van der Waals surface area contributed by atoms with Gasteiger partial charge >= 0.3 is 4.87 Å². The lowest BCUT2D eigenvalue weighted by atomic mass is 10.1. The minimum atomic E-state index is -0.681. The fourth-order valence-corrected chi connectivity index (χ4v) is 2.59. The van der Waals surface area contributed by atoms with Gasteiger partial charge in [-0.3, -0.25) is 14.2 Å². The molecule has 0 amide bonds. The van der Waals surface area contributed by atoms with Crippen LogP contribution in [0.15, 0.2) is 26.8 Å². The molecule has 0 atom stereocenters. The van der Waals surface area contributed by atoms with E-state index < -0.39 is 5.82 Å². The first kappa shape index (κ1) is 11.8. The number of hydrogen-bond acceptors (Lipinski definition) is 5. The lowest BCUT2D eigenvalue weighted by Gasteiger charge is -1.99. The van der Waals surface area contributed by atoms with E-state index >= 15 is 0 Å². The summed E-state index contributed by atoms with van der Waals surface area (Å²) in [6.07, 6.45) is 0.530. The fraction of sp³-hybridized carbons (Fsp3) is 0.0833. The first-order chi connectivity index (χ1) is 9.11. The summed E-state index contributed by atoms with van der Waals surface area (Å²) in [5, 5.41) is 5.70. The van der Waals surface area contributed by atoms with E-state index in [0.717, 1.165) is 17.4 Å². The van der Waals surface area contributed by atoms with Crippen LogP contribution >= 0.6 is 11.3 Å². The van der Waals surface area contributed by atoms with Crippen molar-refractivity contribution in [2.24, 2.45) is 0 Å². The van der Waals surface area contributed by atoms with E-state index in [0.29, 0.717) is 17.4 Å². The van der Waals surface area contributed by atoms with E-state index in [1.165, 1.54) is 10.6 Å². The van der Waals surface area contributed by atoms with Crippen molar-refractivity contribution in [1.29, 1.82) is 0 Å². The van der Waals surface area contributed by atoms with Crippen LogP contribution in [0.1, 0.15) is 16.1 Å². The van der Waals surface area contributed by atoms with Crippen LogP contribution in [0.2, 0.25) is 0 Å². The molecule has 0 bridgehead atoms. The van der Waals surface area contributed by atoms with E-state index in [9.17, 15) is 14.0 Å². The monoisotopic (exact) mass is 278 g/mol. The van der Waals surface area contributed by atoms with Gasteiger partial charge < -0.3 is 4.52 Å². The molecule has 0 aliphatic rings. The zero-order chi connectivity index (χ0) is 13.6. The molecule has 7 heteroatoms. The number of halogens is 1. The van der Waals surface area contributed by atoms with E-state index in [-0.39, 0.29) is 21.8 Å². The Balaban J connectivity index is 2.40. The summed E-state index contributed by atoms with van der Waals surface area (Å²) in [7, 11) is 0. The topological polar surface area (TPSA) is 65.1 Å². The van der Waals surface area contributed by atoms with Gasteiger partial charge in [-0.15, -0.1) is 0 Å². The highest BCUT2D eigenvalue weighted by Crippen LogP contribution is 2.25. The summed E-state index contributed by atoms with van der Waals surface area (Å²) < 4.78 is 20.0. The Morgan fingerprint density at radius 1 is 1.47 bits per heavy atom. The molecule has 2 heterocycles. The van der Waals surface area contributed by atoms with Gasteiger partial charge in [0.2, 0.25) is 5.58 Å². The van der Waals surface area contributed by atoms with Gasteiger partial charge in [0.15, 0.2) is 11.6 Å². The van der Waals surface area contributed by atoms with Crippen LogP contribution < -0.4 is 4.87 Å². The predicted molar refractivity (Wildman–Crippen MR) is 67.6 cm³/mol. The summed E-state index contributed by atoms with van der Waals surface area (Å²) in [6, 6.07) is 2.51. The standard InChI is InChI=1S/C12H7FN2O3S/c1-6-5-19-12(17)15(6)11-8-2-7(4-16)3-9(13)10(8)18-14-11/h2-5H,1H3. The Labute approximate surface area is 109 Å². The van der Waals surface area contributed by atoms with Gasteiger partial charge in [-0.2, -0.15) is 0 Å². The molecule has 2 aromatic heterocycles. The first-order valence-corrected chi connectivity index (χ1v) is 6.21. The van der Waals surface area contributed by atoms with Gasteiger partial charge in [0.25, 0.3) is 0 Å². The van der Waals surface area contributed by atoms with E-state index in [2.05, 4.69) is 5.16 Å². The fourth-order valence-electron chi connectivity index (χ4n) is 1.88. The predicted octanol–water partition coefficient (Wildman–Crippen LogP) is 2.30. The third-order valence-corrected chi connectivity index (χ3v) is 3.59. The van der Waals surface area contributed by atoms with E-state index in [1.54, 1.807) is 12.3 Å². The smallest absolute Gasteiger partial charge is 0.313 e. The molecule has 3 rings (SSSR count). The van der Waals surface area contributed by atoms with Crippen LogP contribution in [0.25, 0.3) is 16.8 Å². The maximum absolute atomic E-state index is 13.7. The van der Waals surface area contributed by atoms with Gasteiger partial charge in [-0.1, -0.05) is 16.5 Å². The number of hydrogen-bond donors (Lipinski definition) is 0. The highest BCUT2D eigenvalue weighted by molar-refractivity contribution is 7.07. The molecule has 19 heavy (non-hydrogen) atoms. The second kappa shape index (κ2) is 4.13. The molecule has 0 aliphatic heterocycles. The van der Waals surface area contributed by atoms with Crippen molar-refractivity contribution in [2.75, 3.05) is 0 Å². The molecule has 0 saturated heterocycles. The van der Waals surface area contributed by atoms with Crippen LogP contribution in [0.3, 0.4) is 0 Å². The molecule has 0 unspecified atom stereocenters.